The van der Waals surface area contributed by atoms with Gasteiger partial charge in [0.05, 0.1) is 5.92 Å². The zero-order valence-electron chi connectivity index (χ0n) is 18.0. The van der Waals surface area contributed by atoms with Crippen molar-refractivity contribution in [1.29, 1.82) is 0 Å². The third-order valence-electron chi connectivity index (χ3n) is 5.92. The van der Waals surface area contributed by atoms with E-state index in [-0.39, 0.29) is 25.5 Å². The molecule has 7 heteroatoms. The third kappa shape index (κ3) is 4.71. The Kier molecular flexibility index (Phi) is 6.63. The molecule has 3 rings (SSSR count). The van der Waals surface area contributed by atoms with E-state index >= 15 is 0 Å². The normalized spacial score (nSPS) is 15.2. The Morgan fingerprint density at radius 2 is 1.61 bits per heavy atom. The number of benzene rings is 2. The highest BCUT2D eigenvalue weighted by molar-refractivity contribution is 5.88. The van der Waals surface area contributed by atoms with Gasteiger partial charge in [-0.3, -0.25) is 4.79 Å². The Morgan fingerprint density at radius 3 is 2.13 bits per heavy atom. The molecule has 7 nitrogen and oxygen atoms in total. The van der Waals surface area contributed by atoms with E-state index in [9.17, 15) is 19.5 Å². The molecular weight excluding hydrogens is 396 g/mol. The molecule has 1 aliphatic rings. The van der Waals surface area contributed by atoms with E-state index in [0.29, 0.717) is 0 Å². The van der Waals surface area contributed by atoms with Crippen LogP contribution in [-0.4, -0.2) is 41.8 Å². The predicted molar refractivity (Wildman–Crippen MR) is 117 cm³/mol. The van der Waals surface area contributed by atoms with E-state index < -0.39 is 29.4 Å². The molecule has 0 spiro atoms. The van der Waals surface area contributed by atoms with Crippen LogP contribution >= 0.6 is 0 Å². The number of amides is 2. The third-order valence-corrected chi connectivity index (χ3v) is 5.92. The summed E-state index contributed by atoms with van der Waals surface area (Å²) in [6.07, 6.45) is -0.362. The molecular formula is C24H28N2O5. The van der Waals surface area contributed by atoms with Crippen molar-refractivity contribution >= 4 is 18.0 Å². The summed E-state index contributed by atoms with van der Waals surface area (Å²) in [4.78, 5) is 35.9. The van der Waals surface area contributed by atoms with Crippen LogP contribution in [0, 0.1) is 5.92 Å². The summed E-state index contributed by atoms with van der Waals surface area (Å²) in [7, 11) is 0. The number of carbonyl (C=O) groups excluding carboxylic acids is 2. The molecule has 2 unspecified atom stereocenters. The first-order valence-electron chi connectivity index (χ1n) is 10.4. The average Bonchev–Trinajstić information content (AvgIpc) is 3.09. The number of nitrogens with one attached hydrogen (secondary N) is 2. The molecule has 164 valence electrons. The van der Waals surface area contributed by atoms with E-state index in [1.54, 1.807) is 13.8 Å². The van der Waals surface area contributed by atoms with Gasteiger partial charge in [-0.2, -0.15) is 0 Å². The minimum atomic E-state index is -1.34. The zero-order valence-corrected chi connectivity index (χ0v) is 18.0. The summed E-state index contributed by atoms with van der Waals surface area (Å²) in [6, 6.07) is 16.1. The van der Waals surface area contributed by atoms with Gasteiger partial charge in [0.25, 0.3) is 0 Å². The number of hydrogen-bond donors (Lipinski definition) is 3. The molecule has 0 radical (unpaired) electrons. The van der Waals surface area contributed by atoms with E-state index in [4.69, 9.17) is 4.74 Å². The van der Waals surface area contributed by atoms with E-state index in [0.717, 1.165) is 22.3 Å². The fraction of sp³-hybridized carbons (Fsp3) is 0.375. The standard InChI is InChI=1S/C24H28N2O5/c1-4-24(3,22(28)29)26-21(27)15(2)13-25-23(30)31-14-20-18-11-7-5-9-16(18)17-10-6-8-12-19(17)20/h5-12,15,20H,4,13-14H2,1-3H3,(H,25,30)(H,26,27)(H,28,29). The van der Waals surface area contributed by atoms with Crippen molar-refractivity contribution < 1.29 is 24.2 Å². The quantitative estimate of drug-likeness (QED) is 0.601. The van der Waals surface area contributed by atoms with Gasteiger partial charge in [-0.1, -0.05) is 62.4 Å². The average molecular weight is 424 g/mol. The molecule has 2 atom stereocenters. The fourth-order valence-electron chi connectivity index (χ4n) is 3.67. The van der Waals surface area contributed by atoms with E-state index in [1.807, 2.05) is 36.4 Å². The molecule has 2 aromatic rings. The van der Waals surface area contributed by atoms with Gasteiger partial charge in [0, 0.05) is 12.5 Å². The zero-order chi connectivity index (χ0) is 22.6. The van der Waals surface area contributed by atoms with Crippen molar-refractivity contribution in [2.45, 2.75) is 38.6 Å². The molecule has 2 aromatic carbocycles. The molecule has 0 saturated heterocycles. The summed E-state index contributed by atoms with van der Waals surface area (Å²) < 4.78 is 5.45. The van der Waals surface area contributed by atoms with Gasteiger partial charge in [0.15, 0.2) is 0 Å². The Hall–Kier alpha value is -3.35. The lowest BCUT2D eigenvalue weighted by Crippen LogP contribution is -2.54. The van der Waals surface area contributed by atoms with Crippen LogP contribution in [0.5, 0.6) is 0 Å². The molecule has 0 fully saturated rings. The van der Waals surface area contributed by atoms with Crippen LogP contribution in [0.25, 0.3) is 11.1 Å². The van der Waals surface area contributed by atoms with Crippen LogP contribution in [0.15, 0.2) is 48.5 Å². The lowest BCUT2D eigenvalue weighted by Gasteiger charge is -2.26. The molecule has 0 aliphatic heterocycles. The SMILES string of the molecule is CCC(C)(NC(=O)C(C)CNC(=O)OCC1c2ccccc2-c2ccccc21)C(=O)O. The van der Waals surface area contributed by atoms with E-state index in [2.05, 4.69) is 22.8 Å². The van der Waals surface area contributed by atoms with Crippen LogP contribution in [0.4, 0.5) is 4.79 Å². The minimum absolute atomic E-state index is 0.0419. The van der Waals surface area contributed by atoms with Crippen LogP contribution in [0.3, 0.4) is 0 Å². The van der Waals surface area contributed by atoms with Crippen LogP contribution in [-0.2, 0) is 14.3 Å². The molecule has 2 amide bonds. The first-order valence-corrected chi connectivity index (χ1v) is 10.4. The molecule has 1 aliphatic carbocycles. The van der Waals surface area contributed by atoms with Gasteiger partial charge in [-0.05, 0) is 35.6 Å². The highest BCUT2D eigenvalue weighted by Crippen LogP contribution is 2.44. The minimum Gasteiger partial charge on any atom is -0.480 e. The molecule has 0 saturated carbocycles. The summed E-state index contributed by atoms with van der Waals surface area (Å²) >= 11 is 0. The first-order chi connectivity index (χ1) is 14.8. The summed E-state index contributed by atoms with van der Waals surface area (Å²) in [5, 5.41) is 14.4. The second-order valence-corrected chi connectivity index (χ2v) is 8.09. The number of aliphatic carboxylic acids is 1. The van der Waals surface area contributed by atoms with Gasteiger partial charge in [0.2, 0.25) is 5.91 Å². The van der Waals surface area contributed by atoms with Crippen LogP contribution < -0.4 is 10.6 Å². The van der Waals surface area contributed by atoms with Crippen molar-refractivity contribution in [3.05, 3.63) is 59.7 Å². The Bertz CT molecular complexity index is 944. The fourth-order valence-corrected chi connectivity index (χ4v) is 3.67. The topological polar surface area (TPSA) is 105 Å². The van der Waals surface area contributed by atoms with Gasteiger partial charge in [0.1, 0.15) is 12.1 Å². The number of carboxylic acid groups (broad SMARTS) is 1. The van der Waals surface area contributed by atoms with Gasteiger partial charge in [-0.25, -0.2) is 9.59 Å². The molecule has 0 heterocycles. The number of rotatable bonds is 8. The van der Waals surface area contributed by atoms with Crippen molar-refractivity contribution in [2.24, 2.45) is 5.92 Å². The largest absolute Gasteiger partial charge is 0.480 e. The number of carbonyl (C=O) groups is 3. The number of fused-ring (bicyclic) bond motifs is 3. The van der Waals surface area contributed by atoms with Crippen molar-refractivity contribution in [3.63, 3.8) is 0 Å². The lowest BCUT2D eigenvalue weighted by molar-refractivity contribution is -0.147. The maximum absolute atomic E-state index is 12.3. The van der Waals surface area contributed by atoms with Crippen LogP contribution in [0.2, 0.25) is 0 Å². The van der Waals surface area contributed by atoms with Crippen LogP contribution in [0.1, 0.15) is 44.2 Å². The molecule has 0 aromatic heterocycles. The van der Waals surface area contributed by atoms with Gasteiger partial charge < -0.3 is 20.5 Å². The van der Waals surface area contributed by atoms with Crippen molar-refractivity contribution in [2.75, 3.05) is 13.2 Å². The number of alkyl carbamates (subject to hydrolysis) is 1. The first kappa shape index (κ1) is 22.3. The Labute approximate surface area is 181 Å². The van der Waals surface area contributed by atoms with Gasteiger partial charge >= 0.3 is 12.1 Å². The number of hydrogen-bond acceptors (Lipinski definition) is 4. The Balaban J connectivity index is 1.54. The number of carboxylic acids is 1. The van der Waals surface area contributed by atoms with Crippen molar-refractivity contribution in [1.82, 2.24) is 10.6 Å². The lowest BCUT2D eigenvalue weighted by atomic mass is 9.98. The predicted octanol–water partition coefficient (Wildman–Crippen LogP) is 3.53. The molecule has 0 bridgehead atoms. The smallest absolute Gasteiger partial charge is 0.407 e. The Morgan fingerprint density at radius 1 is 1.06 bits per heavy atom. The number of ether oxygens (including phenoxy) is 1. The highest BCUT2D eigenvalue weighted by Gasteiger charge is 2.34. The maximum atomic E-state index is 12.3. The van der Waals surface area contributed by atoms with Crippen molar-refractivity contribution in [3.8, 4) is 11.1 Å². The summed E-state index contributed by atoms with van der Waals surface area (Å²) in [5.74, 6) is -2.18. The second kappa shape index (κ2) is 9.20. The van der Waals surface area contributed by atoms with Gasteiger partial charge in [-0.15, -0.1) is 0 Å². The highest BCUT2D eigenvalue weighted by atomic mass is 16.5. The summed E-state index contributed by atoms with van der Waals surface area (Å²) in [6.45, 7) is 5.00. The monoisotopic (exact) mass is 424 g/mol. The molecule has 3 N–H and O–H groups in total. The maximum Gasteiger partial charge on any atom is 0.407 e. The summed E-state index contributed by atoms with van der Waals surface area (Å²) in [5.41, 5.74) is 3.20. The molecule has 31 heavy (non-hydrogen) atoms. The van der Waals surface area contributed by atoms with E-state index in [1.165, 1.54) is 6.92 Å². The second-order valence-electron chi connectivity index (χ2n) is 8.09.